The first-order valence-corrected chi connectivity index (χ1v) is 10.0. The van der Waals surface area contributed by atoms with E-state index in [9.17, 15) is 23.9 Å². The van der Waals surface area contributed by atoms with Gasteiger partial charge in [-0.05, 0) is 51.8 Å². The Hall–Kier alpha value is -2.52. The van der Waals surface area contributed by atoms with Crippen LogP contribution in [0.25, 0.3) is 0 Å². The highest BCUT2D eigenvalue weighted by Gasteiger charge is 2.41. The number of benzene rings is 1. The van der Waals surface area contributed by atoms with Gasteiger partial charge in [-0.2, -0.15) is 0 Å². The molecule has 2 saturated heterocycles. The fourth-order valence-electron chi connectivity index (χ4n) is 3.51. The number of halogens is 1. The number of esters is 1. The van der Waals surface area contributed by atoms with E-state index in [1.807, 2.05) is 0 Å². The average Bonchev–Trinajstić information content (AvgIpc) is 3.21. The molecule has 2 aliphatic rings. The number of ether oxygens (including phenoxy) is 2. The van der Waals surface area contributed by atoms with E-state index in [1.54, 1.807) is 25.7 Å². The molecule has 2 heterocycles. The van der Waals surface area contributed by atoms with Gasteiger partial charge in [0.15, 0.2) is 12.2 Å². The molecule has 0 bridgehead atoms. The van der Waals surface area contributed by atoms with Crippen molar-refractivity contribution in [2.45, 2.75) is 51.4 Å². The Labute approximate surface area is 174 Å². The Morgan fingerprint density at radius 2 is 1.90 bits per heavy atom. The summed E-state index contributed by atoms with van der Waals surface area (Å²) < 4.78 is 24.8. The highest BCUT2D eigenvalue weighted by molar-refractivity contribution is 6.02. The number of amides is 2. The molecule has 0 saturated carbocycles. The highest BCUT2D eigenvalue weighted by Crippen LogP contribution is 2.25. The maximum atomic E-state index is 14.3. The van der Waals surface area contributed by atoms with Gasteiger partial charge in [0.05, 0.1) is 12.2 Å². The van der Waals surface area contributed by atoms with Crippen LogP contribution in [0.2, 0.25) is 0 Å². The zero-order chi connectivity index (χ0) is 22.1. The van der Waals surface area contributed by atoms with E-state index in [2.05, 4.69) is 0 Å². The molecule has 2 unspecified atom stereocenters. The first-order valence-electron chi connectivity index (χ1n) is 10.0. The summed E-state index contributed by atoms with van der Waals surface area (Å²) in [5.74, 6) is -2.71. The summed E-state index contributed by atoms with van der Waals surface area (Å²) in [4.78, 5) is 40.6. The minimum atomic E-state index is -1.80. The van der Waals surface area contributed by atoms with Crippen LogP contribution in [0.1, 0.15) is 44.0 Å². The lowest BCUT2D eigenvalue weighted by atomic mass is 10.1. The van der Waals surface area contributed by atoms with Gasteiger partial charge in [-0.25, -0.2) is 9.18 Å². The Balaban J connectivity index is 1.80. The van der Waals surface area contributed by atoms with Crippen LogP contribution in [-0.4, -0.2) is 71.8 Å². The van der Waals surface area contributed by atoms with Crippen molar-refractivity contribution in [2.75, 3.05) is 31.1 Å². The van der Waals surface area contributed by atoms with Crippen molar-refractivity contribution in [1.29, 1.82) is 0 Å². The number of anilines is 1. The number of nitrogens with zero attached hydrogens (tertiary/aromatic N) is 2. The number of morpholine rings is 1. The van der Waals surface area contributed by atoms with Crippen molar-refractivity contribution in [3.8, 4) is 0 Å². The predicted octanol–water partition coefficient (Wildman–Crippen LogP) is 1.50. The minimum Gasteiger partial charge on any atom is -0.458 e. The smallest absolute Gasteiger partial charge is 0.338 e. The third-order valence-corrected chi connectivity index (χ3v) is 4.94. The number of hydrogen-bond acceptors (Lipinski definition) is 6. The van der Waals surface area contributed by atoms with Gasteiger partial charge in [-0.15, -0.1) is 0 Å². The second kappa shape index (κ2) is 8.69. The molecule has 3 rings (SSSR count). The van der Waals surface area contributed by atoms with Gasteiger partial charge < -0.3 is 24.4 Å². The fourth-order valence-corrected chi connectivity index (χ4v) is 3.51. The molecule has 2 atom stereocenters. The first kappa shape index (κ1) is 22.2. The number of aliphatic hydroxyl groups excluding tert-OH is 1. The van der Waals surface area contributed by atoms with Gasteiger partial charge in [0, 0.05) is 25.3 Å². The number of carbonyl (C=O) groups is 3. The Bertz CT molecular complexity index is 831. The van der Waals surface area contributed by atoms with E-state index in [0.29, 0.717) is 18.8 Å². The summed E-state index contributed by atoms with van der Waals surface area (Å²) in [6.07, 6.45) is -1.50. The molecule has 0 spiro atoms. The van der Waals surface area contributed by atoms with Crippen molar-refractivity contribution in [2.24, 2.45) is 0 Å². The fraction of sp³-hybridized carbons (Fsp3) is 0.571. The van der Waals surface area contributed by atoms with E-state index in [0.717, 1.165) is 18.9 Å². The second-order valence-electron chi connectivity index (χ2n) is 8.42. The average molecular weight is 422 g/mol. The molecule has 9 heteroatoms. The molecule has 1 aromatic carbocycles. The number of carbonyl (C=O) groups excluding carboxylic acids is 3. The molecule has 0 radical (unpaired) electrons. The number of rotatable bonds is 4. The normalized spacial score (nSPS) is 21.0. The maximum Gasteiger partial charge on any atom is 0.338 e. The second-order valence-corrected chi connectivity index (χ2v) is 8.42. The molecule has 0 aromatic heterocycles. The predicted molar refractivity (Wildman–Crippen MR) is 105 cm³/mol. The van der Waals surface area contributed by atoms with Gasteiger partial charge in [-0.1, -0.05) is 0 Å². The largest absolute Gasteiger partial charge is 0.458 e. The van der Waals surface area contributed by atoms with Crippen molar-refractivity contribution < 1.29 is 33.4 Å². The van der Waals surface area contributed by atoms with Crippen molar-refractivity contribution in [3.05, 3.63) is 29.6 Å². The summed E-state index contributed by atoms with van der Waals surface area (Å²) in [5.41, 5.74) is -0.649. The quantitative estimate of drug-likeness (QED) is 0.739. The monoisotopic (exact) mass is 422 g/mol. The van der Waals surface area contributed by atoms with Crippen LogP contribution in [-0.2, 0) is 19.1 Å². The summed E-state index contributed by atoms with van der Waals surface area (Å²) in [6, 6.07) is 3.85. The van der Waals surface area contributed by atoms with Crippen LogP contribution < -0.4 is 4.90 Å². The lowest BCUT2D eigenvalue weighted by Gasteiger charge is -2.34. The molecule has 2 amide bonds. The molecule has 1 aromatic rings. The molecular weight excluding hydrogens is 395 g/mol. The maximum absolute atomic E-state index is 14.3. The van der Waals surface area contributed by atoms with Gasteiger partial charge in [-0.3, -0.25) is 9.59 Å². The number of hydrogen-bond donors (Lipinski definition) is 1. The standard InChI is InChI=1S/C21H27FN2O6/c1-21(2,3)30-20(28)16(25)17-19(27)24(10-11-29-17)13-6-7-15(22)14(12-13)18(26)23-8-4-5-9-23/h6-7,12,16-17,25H,4-5,8-11H2,1-3H3. The van der Waals surface area contributed by atoms with Crippen LogP contribution in [0.15, 0.2) is 18.2 Å². The SMILES string of the molecule is CC(C)(C)OC(=O)C(O)C1OCCN(c2ccc(F)c(C(=O)N3CCCC3)c2)C1=O. The summed E-state index contributed by atoms with van der Waals surface area (Å²) >= 11 is 0. The molecular formula is C21H27FN2O6. The van der Waals surface area contributed by atoms with Crippen LogP contribution in [0.4, 0.5) is 10.1 Å². The van der Waals surface area contributed by atoms with Gasteiger partial charge in [0.25, 0.3) is 11.8 Å². The lowest BCUT2D eigenvalue weighted by molar-refractivity contribution is -0.177. The van der Waals surface area contributed by atoms with Crippen LogP contribution in [0.5, 0.6) is 0 Å². The summed E-state index contributed by atoms with van der Waals surface area (Å²) in [5, 5.41) is 10.3. The van der Waals surface area contributed by atoms with E-state index in [1.165, 1.54) is 17.0 Å². The van der Waals surface area contributed by atoms with Crippen molar-refractivity contribution >= 4 is 23.5 Å². The lowest BCUT2D eigenvalue weighted by Crippen LogP contribution is -2.55. The van der Waals surface area contributed by atoms with E-state index >= 15 is 0 Å². The first-order chi connectivity index (χ1) is 14.1. The molecule has 8 nitrogen and oxygen atoms in total. The van der Waals surface area contributed by atoms with Gasteiger partial charge in [0.1, 0.15) is 11.4 Å². The molecule has 2 fully saturated rings. The van der Waals surface area contributed by atoms with Crippen molar-refractivity contribution in [3.63, 3.8) is 0 Å². The minimum absolute atomic E-state index is 0.0586. The van der Waals surface area contributed by atoms with E-state index in [-0.39, 0.29) is 18.7 Å². The number of likely N-dealkylation sites (tertiary alicyclic amines) is 1. The molecule has 30 heavy (non-hydrogen) atoms. The zero-order valence-electron chi connectivity index (χ0n) is 17.4. The molecule has 1 N–H and O–H groups in total. The topological polar surface area (TPSA) is 96.4 Å². The van der Waals surface area contributed by atoms with Crippen LogP contribution in [0, 0.1) is 5.82 Å². The molecule has 0 aliphatic carbocycles. The third kappa shape index (κ3) is 4.79. The van der Waals surface area contributed by atoms with E-state index in [4.69, 9.17) is 9.47 Å². The van der Waals surface area contributed by atoms with Crippen molar-refractivity contribution in [1.82, 2.24) is 4.90 Å². The third-order valence-electron chi connectivity index (χ3n) is 4.94. The summed E-state index contributed by atoms with van der Waals surface area (Å²) in [6.45, 7) is 6.27. The Morgan fingerprint density at radius 1 is 1.23 bits per heavy atom. The zero-order valence-corrected chi connectivity index (χ0v) is 17.4. The number of aliphatic hydroxyl groups is 1. The van der Waals surface area contributed by atoms with Crippen LogP contribution in [0.3, 0.4) is 0 Å². The Morgan fingerprint density at radius 3 is 2.53 bits per heavy atom. The van der Waals surface area contributed by atoms with E-state index < -0.39 is 41.4 Å². The summed E-state index contributed by atoms with van der Waals surface area (Å²) in [7, 11) is 0. The van der Waals surface area contributed by atoms with Crippen LogP contribution >= 0.6 is 0 Å². The molecule has 2 aliphatic heterocycles. The van der Waals surface area contributed by atoms with Gasteiger partial charge in [0.2, 0.25) is 0 Å². The Kier molecular flexibility index (Phi) is 6.42. The van der Waals surface area contributed by atoms with Gasteiger partial charge >= 0.3 is 5.97 Å². The molecule has 164 valence electrons. The highest BCUT2D eigenvalue weighted by atomic mass is 19.1.